The van der Waals surface area contributed by atoms with E-state index in [4.69, 9.17) is 4.74 Å². The number of hydrogen-bond donors (Lipinski definition) is 0. The second kappa shape index (κ2) is 2.68. The molecule has 5 nitrogen and oxygen atoms in total. The van der Waals surface area contributed by atoms with Gasteiger partial charge in [0.25, 0.3) is 0 Å². The van der Waals surface area contributed by atoms with Crippen molar-refractivity contribution in [2.45, 2.75) is 45.4 Å². The zero-order valence-corrected chi connectivity index (χ0v) is 8.33. The average Bonchev–Trinajstić information content (AvgIpc) is 1.98. The Labute approximate surface area is 77.0 Å². The molecular formula is C8H14N2O3. The number of esters is 1. The smallest absolute Gasteiger partial charge is 0.343 e. The summed E-state index contributed by atoms with van der Waals surface area (Å²) in [4.78, 5) is 11.2. The van der Waals surface area contributed by atoms with Crippen LogP contribution in [0.4, 0.5) is 0 Å². The minimum absolute atomic E-state index is 0.420. The van der Waals surface area contributed by atoms with Gasteiger partial charge in [-0.25, -0.2) is 0 Å². The maximum Gasteiger partial charge on any atom is 0.343 e. The van der Waals surface area contributed by atoms with E-state index in [-0.39, 0.29) is 0 Å². The Bertz CT molecular complexity index is 273. The summed E-state index contributed by atoms with van der Waals surface area (Å²) in [6.45, 7) is 6.50. The van der Waals surface area contributed by atoms with Crippen LogP contribution in [0.15, 0.2) is 5.11 Å². The molecule has 0 aromatic carbocycles. The molecule has 0 fully saturated rings. The van der Waals surface area contributed by atoms with E-state index in [0.717, 1.165) is 0 Å². The van der Waals surface area contributed by atoms with Crippen molar-refractivity contribution in [3.63, 3.8) is 0 Å². The molecule has 0 bridgehead atoms. The summed E-state index contributed by atoms with van der Waals surface area (Å²) in [5.74, 6) is -0.462. The number of hydrogen-bond acceptors (Lipinski definition) is 4. The van der Waals surface area contributed by atoms with Crippen molar-refractivity contribution < 1.29 is 14.4 Å². The van der Waals surface area contributed by atoms with Gasteiger partial charge in [0.05, 0.1) is 6.42 Å². The van der Waals surface area contributed by atoms with E-state index < -0.39 is 17.2 Å². The number of nitrogens with zero attached hydrogens (tertiary/aromatic N) is 2. The first-order chi connectivity index (χ1) is 5.75. The molecule has 1 unspecified atom stereocenters. The number of carbonyl (C=O) groups excluding carboxylic acids is 1. The summed E-state index contributed by atoms with van der Waals surface area (Å²) in [7, 11) is 0. The SMILES string of the molecule is CC(=O)OC1(C)CC(C)(C)N=[N+]1[O-]. The first-order valence-corrected chi connectivity index (χ1v) is 4.15. The fourth-order valence-electron chi connectivity index (χ4n) is 1.64. The van der Waals surface area contributed by atoms with Crippen LogP contribution >= 0.6 is 0 Å². The van der Waals surface area contributed by atoms with E-state index in [9.17, 15) is 10.0 Å². The maximum absolute atomic E-state index is 11.3. The molecule has 74 valence electrons. The lowest BCUT2D eigenvalue weighted by atomic mass is 9.97. The standard InChI is InChI=1S/C8H14N2O3/c1-6(11)13-8(4)5-7(2,3)9-10(8)12/h5H2,1-4H3. The van der Waals surface area contributed by atoms with Crippen LogP contribution < -0.4 is 0 Å². The molecule has 1 heterocycles. The summed E-state index contributed by atoms with van der Waals surface area (Å²) in [5.41, 5.74) is -1.58. The first kappa shape index (κ1) is 9.95. The molecule has 0 aromatic rings. The van der Waals surface area contributed by atoms with Gasteiger partial charge >= 0.3 is 11.7 Å². The second-order valence-corrected chi connectivity index (χ2v) is 4.13. The number of rotatable bonds is 1. The van der Waals surface area contributed by atoms with Crippen molar-refractivity contribution in [3.05, 3.63) is 5.21 Å². The molecule has 5 heteroatoms. The highest BCUT2D eigenvalue weighted by atomic mass is 16.6. The van der Waals surface area contributed by atoms with Gasteiger partial charge < -0.3 is 9.94 Å². The van der Waals surface area contributed by atoms with Crippen molar-refractivity contribution in [2.24, 2.45) is 5.11 Å². The van der Waals surface area contributed by atoms with Crippen molar-refractivity contribution in [1.29, 1.82) is 0 Å². The lowest BCUT2D eigenvalue weighted by Crippen LogP contribution is -2.38. The summed E-state index contributed by atoms with van der Waals surface area (Å²) >= 11 is 0. The van der Waals surface area contributed by atoms with Crippen LogP contribution in [0.5, 0.6) is 0 Å². The minimum Gasteiger partial charge on any atom is -0.597 e. The molecule has 0 radical (unpaired) electrons. The van der Waals surface area contributed by atoms with E-state index in [0.29, 0.717) is 11.3 Å². The number of carbonyl (C=O) groups is 1. The van der Waals surface area contributed by atoms with Crippen LogP contribution in [-0.4, -0.2) is 22.1 Å². The average molecular weight is 186 g/mol. The highest BCUT2D eigenvalue weighted by Crippen LogP contribution is 2.34. The highest BCUT2D eigenvalue weighted by Gasteiger charge is 2.51. The lowest BCUT2D eigenvalue weighted by molar-refractivity contribution is -0.638. The molecule has 0 aromatic heterocycles. The highest BCUT2D eigenvalue weighted by molar-refractivity contribution is 5.66. The number of azo groups is 1. The Hall–Kier alpha value is -1.13. The maximum atomic E-state index is 11.3. The van der Waals surface area contributed by atoms with Gasteiger partial charge in [-0.3, -0.25) is 4.79 Å². The predicted octanol–water partition coefficient (Wildman–Crippen LogP) is 1.41. The fourth-order valence-corrected chi connectivity index (χ4v) is 1.64. The molecule has 0 aliphatic carbocycles. The molecule has 1 aliphatic rings. The molecule has 0 saturated heterocycles. The number of hydroxylamine groups is 1. The Morgan fingerprint density at radius 2 is 2.08 bits per heavy atom. The van der Waals surface area contributed by atoms with Gasteiger partial charge in [0.15, 0.2) is 0 Å². The zero-order valence-electron chi connectivity index (χ0n) is 8.33. The molecule has 0 saturated carbocycles. The van der Waals surface area contributed by atoms with Crippen LogP contribution in [-0.2, 0) is 9.53 Å². The van der Waals surface area contributed by atoms with Gasteiger partial charge in [0.1, 0.15) is 5.54 Å². The Balaban J connectivity index is 2.85. The third-order valence-electron chi connectivity index (χ3n) is 1.89. The van der Waals surface area contributed by atoms with Crippen molar-refractivity contribution in [3.8, 4) is 0 Å². The van der Waals surface area contributed by atoms with Crippen LogP contribution in [0.25, 0.3) is 0 Å². The number of ether oxygens (including phenoxy) is 1. The van der Waals surface area contributed by atoms with Gasteiger partial charge in [-0.15, -0.1) is 0 Å². The largest absolute Gasteiger partial charge is 0.597 e. The van der Waals surface area contributed by atoms with Crippen LogP contribution in [0.3, 0.4) is 0 Å². The van der Waals surface area contributed by atoms with Crippen molar-refractivity contribution in [1.82, 2.24) is 0 Å². The van der Waals surface area contributed by atoms with Gasteiger partial charge in [-0.05, 0) is 19.0 Å². The van der Waals surface area contributed by atoms with E-state index in [1.807, 2.05) is 13.8 Å². The monoisotopic (exact) mass is 186 g/mol. The summed E-state index contributed by atoms with van der Waals surface area (Å²) in [5, 5.41) is 15.1. The van der Waals surface area contributed by atoms with Crippen molar-refractivity contribution >= 4 is 5.97 Å². The van der Waals surface area contributed by atoms with Gasteiger partial charge in [0.2, 0.25) is 0 Å². The fraction of sp³-hybridized carbons (Fsp3) is 0.875. The third-order valence-corrected chi connectivity index (χ3v) is 1.89. The predicted molar refractivity (Wildman–Crippen MR) is 44.9 cm³/mol. The summed E-state index contributed by atoms with van der Waals surface area (Å²) in [6, 6.07) is 0. The molecule has 0 N–H and O–H groups in total. The quantitative estimate of drug-likeness (QED) is 0.353. The van der Waals surface area contributed by atoms with Gasteiger partial charge in [-0.1, -0.05) is 4.86 Å². The summed E-state index contributed by atoms with van der Waals surface area (Å²) in [6.07, 6.45) is 0.420. The third kappa shape index (κ3) is 1.96. The van der Waals surface area contributed by atoms with Crippen LogP contribution in [0, 0.1) is 5.21 Å². The van der Waals surface area contributed by atoms with Gasteiger partial charge in [-0.2, -0.15) is 0 Å². The van der Waals surface area contributed by atoms with E-state index in [1.54, 1.807) is 6.92 Å². The topological polar surface area (TPSA) is 64.7 Å². The molecule has 0 spiro atoms. The van der Waals surface area contributed by atoms with E-state index in [2.05, 4.69) is 5.11 Å². The zero-order chi connectivity index (χ0) is 10.3. The molecule has 13 heavy (non-hydrogen) atoms. The Morgan fingerprint density at radius 3 is 2.38 bits per heavy atom. The van der Waals surface area contributed by atoms with E-state index in [1.165, 1.54) is 6.92 Å². The van der Waals surface area contributed by atoms with Crippen molar-refractivity contribution in [2.75, 3.05) is 0 Å². The van der Waals surface area contributed by atoms with Crippen LogP contribution in [0.2, 0.25) is 0 Å². The summed E-state index contributed by atoms with van der Waals surface area (Å²) < 4.78 is 4.93. The van der Waals surface area contributed by atoms with E-state index >= 15 is 0 Å². The second-order valence-electron chi connectivity index (χ2n) is 4.13. The van der Waals surface area contributed by atoms with Gasteiger partial charge in [0, 0.05) is 13.8 Å². The molecular weight excluding hydrogens is 172 g/mol. The van der Waals surface area contributed by atoms with Crippen LogP contribution in [0.1, 0.15) is 34.1 Å². The first-order valence-electron chi connectivity index (χ1n) is 4.15. The molecule has 0 amide bonds. The molecule has 1 atom stereocenters. The molecule has 1 aliphatic heterocycles. The lowest BCUT2D eigenvalue weighted by Gasteiger charge is -2.20. The normalized spacial score (nSPS) is 31.2. The Kier molecular flexibility index (Phi) is 2.05. The molecule has 1 rings (SSSR count). The Morgan fingerprint density at radius 1 is 1.54 bits per heavy atom. The minimum atomic E-state index is -1.13.